The zero-order valence-corrected chi connectivity index (χ0v) is 12.5. The van der Waals surface area contributed by atoms with Gasteiger partial charge in [-0.1, -0.05) is 25.1 Å². The molecule has 0 saturated carbocycles. The number of hydrogen-bond acceptors (Lipinski definition) is 2. The molecule has 108 valence electrons. The van der Waals surface area contributed by atoms with Crippen molar-refractivity contribution in [3.05, 3.63) is 29.8 Å². The van der Waals surface area contributed by atoms with Gasteiger partial charge in [-0.2, -0.15) is 0 Å². The van der Waals surface area contributed by atoms with Crippen molar-refractivity contribution in [2.24, 2.45) is 5.41 Å². The van der Waals surface area contributed by atoms with Crippen LogP contribution in [0.25, 0.3) is 0 Å². The molecule has 2 aliphatic heterocycles. The number of aryl methyl sites for hydroxylation is 1. The van der Waals surface area contributed by atoms with Crippen LogP contribution in [0.5, 0.6) is 0 Å². The van der Waals surface area contributed by atoms with E-state index in [0.29, 0.717) is 11.9 Å². The molecule has 1 aromatic rings. The van der Waals surface area contributed by atoms with Gasteiger partial charge in [0.25, 0.3) is 0 Å². The normalized spacial score (nSPS) is 29.3. The second-order valence-corrected chi connectivity index (χ2v) is 6.25. The number of benzene rings is 1. The van der Waals surface area contributed by atoms with E-state index in [1.54, 1.807) is 0 Å². The van der Waals surface area contributed by atoms with E-state index >= 15 is 0 Å². The first-order valence-corrected chi connectivity index (χ1v) is 7.80. The maximum Gasteiger partial charge on any atom is 0.234 e. The number of carbonyl (C=O) groups is 1. The Bertz CT molecular complexity index is 505. The summed E-state index contributed by atoms with van der Waals surface area (Å²) >= 11 is 0. The monoisotopic (exact) mass is 272 g/mol. The fourth-order valence-corrected chi connectivity index (χ4v) is 3.63. The van der Waals surface area contributed by atoms with Crippen molar-refractivity contribution < 1.29 is 4.79 Å². The minimum atomic E-state index is -0.196. The predicted octanol–water partition coefficient (Wildman–Crippen LogP) is 2.74. The molecule has 2 atom stereocenters. The average Bonchev–Trinajstić information content (AvgIpc) is 2.96. The third kappa shape index (κ3) is 2.05. The Balaban J connectivity index is 1.98. The maximum atomic E-state index is 13.2. The molecule has 2 unspecified atom stereocenters. The maximum absolute atomic E-state index is 13.2. The molecule has 1 saturated heterocycles. The Labute approximate surface area is 121 Å². The van der Waals surface area contributed by atoms with Gasteiger partial charge in [0.2, 0.25) is 5.91 Å². The van der Waals surface area contributed by atoms with Crippen molar-refractivity contribution in [3.8, 4) is 0 Å². The lowest BCUT2D eigenvalue weighted by Crippen LogP contribution is -2.50. The van der Waals surface area contributed by atoms with E-state index in [1.165, 1.54) is 5.56 Å². The first-order valence-electron chi connectivity index (χ1n) is 7.80. The average molecular weight is 272 g/mol. The van der Waals surface area contributed by atoms with Crippen molar-refractivity contribution in [2.75, 3.05) is 18.0 Å². The van der Waals surface area contributed by atoms with E-state index in [2.05, 4.69) is 42.3 Å². The Hall–Kier alpha value is -1.35. The third-order valence-corrected chi connectivity index (χ3v) is 5.12. The van der Waals surface area contributed by atoms with Gasteiger partial charge in [-0.15, -0.1) is 0 Å². The second kappa shape index (κ2) is 5.21. The highest BCUT2D eigenvalue weighted by atomic mass is 16.2. The van der Waals surface area contributed by atoms with Crippen LogP contribution in [-0.2, 0) is 11.2 Å². The van der Waals surface area contributed by atoms with Gasteiger partial charge in [-0.3, -0.25) is 4.79 Å². The van der Waals surface area contributed by atoms with Crippen LogP contribution in [0.15, 0.2) is 24.3 Å². The first-order chi connectivity index (χ1) is 9.68. The van der Waals surface area contributed by atoms with E-state index in [9.17, 15) is 4.79 Å². The van der Waals surface area contributed by atoms with E-state index in [4.69, 9.17) is 0 Å². The lowest BCUT2D eigenvalue weighted by Gasteiger charge is -2.40. The smallest absolute Gasteiger partial charge is 0.234 e. The van der Waals surface area contributed by atoms with Crippen molar-refractivity contribution in [3.63, 3.8) is 0 Å². The highest BCUT2D eigenvalue weighted by Crippen LogP contribution is 2.38. The zero-order chi connectivity index (χ0) is 14.2. The standard InChI is InChI=1S/C17H24N2O/c1-3-17(10-11-18-12-17)16(20)19-13(2)8-9-14-6-4-5-7-15(14)19/h4-7,13,18H,3,8-12H2,1-2H3. The molecule has 0 radical (unpaired) electrons. The van der Waals surface area contributed by atoms with Crippen LogP contribution in [0.2, 0.25) is 0 Å². The Morgan fingerprint density at radius 1 is 1.45 bits per heavy atom. The number of carbonyl (C=O) groups excluding carboxylic acids is 1. The van der Waals surface area contributed by atoms with Crippen LogP contribution >= 0.6 is 0 Å². The number of anilines is 1. The molecule has 1 N–H and O–H groups in total. The number of fused-ring (bicyclic) bond motifs is 1. The Kier molecular flexibility index (Phi) is 3.55. The quantitative estimate of drug-likeness (QED) is 0.898. The van der Waals surface area contributed by atoms with Crippen molar-refractivity contribution >= 4 is 11.6 Å². The van der Waals surface area contributed by atoms with Gasteiger partial charge in [0, 0.05) is 18.3 Å². The molecule has 3 nitrogen and oxygen atoms in total. The molecule has 3 rings (SSSR count). The van der Waals surface area contributed by atoms with Gasteiger partial charge in [0.1, 0.15) is 0 Å². The Morgan fingerprint density at radius 3 is 2.95 bits per heavy atom. The molecule has 2 heterocycles. The summed E-state index contributed by atoms with van der Waals surface area (Å²) in [5.74, 6) is 0.324. The Morgan fingerprint density at radius 2 is 2.25 bits per heavy atom. The number of amides is 1. The number of nitrogens with zero attached hydrogens (tertiary/aromatic N) is 1. The summed E-state index contributed by atoms with van der Waals surface area (Å²) < 4.78 is 0. The third-order valence-electron chi connectivity index (χ3n) is 5.12. The van der Waals surface area contributed by atoms with Crippen LogP contribution in [0.1, 0.15) is 38.7 Å². The van der Waals surface area contributed by atoms with E-state index < -0.39 is 0 Å². The van der Waals surface area contributed by atoms with E-state index in [0.717, 1.165) is 44.5 Å². The highest BCUT2D eigenvalue weighted by Gasteiger charge is 2.44. The molecule has 3 heteroatoms. The molecular weight excluding hydrogens is 248 g/mol. The lowest BCUT2D eigenvalue weighted by molar-refractivity contribution is -0.128. The highest BCUT2D eigenvalue weighted by molar-refractivity contribution is 5.99. The summed E-state index contributed by atoms with van der Waals surface area (Å²) in [6, 6.07) is 8.69. The summed E-state index contributed by atoms with van der Waals surface area (Å²) in [6.07, 6.45) is 4.03. The summed E-state index contributed by atoms with van der Waals surface area (Å²) in [5.41, 5.74) is 2.26. The molecule has 0 aromatic heterocycles. The van der Waals surface area contributed by atoms with Gasteiger partial charge < -0.3 is 10.2 Å². The molecule has 1 aromatic carbocycles. The lowest BCUT2D eigenvalue weighted by atomic mass is 9.81. The summed E-state index contributed by atoms with van der Waals surface area (Å²) in [7, 11) is 0. The van der Waals surface area contributed by atoms with Gasteiger partial charge in [-0.25, -0.2) is 0 Å². The van der Waals surface area contributed by atoms with Crippen LogP contribution < -0.4 is 10.2 Å². The van der Waals surface area contributed by atoms with Crippen LogP contribution in [0.4, 0.5) is 5.69 Å². The van der Waals surface area contributed by atoms with Crippen LogP contribution in [0, 0.1) is 5.41 Å². The molecule has 0 bridgehead atoms. The van der Waals surface area contributed by atoms with Crippen LogP contribution in [0.3, 0.4) is 0 Å². The summed E-state index contributed by atoms with van der Waals surface area (Å²) in [6.45, 7) is 6.11. The van der Waals surface area contributed by atoms with Crippen molar-refractivity contribution in [2.45, 2.75) is 45.6 Å². The van der Waals surface area contributed by atoms with Gasteiger partial charge in [0.15, 0.2) is 0 Å². The molecular formula is C17H24N2O. The minimum Gasteiger partial charge on any atom is -0.316 e. The molecule has 0 spiro atoms. The van der Waals surface area contributed by atoms with Crippen LogP contribution in [-0.4, -0.2) is 25.0 Å². The second-order valence-electron chi connectivity index (χ2n) is 6.25. The molecule has 20 heavy (non-hydrogen) atoms. The van der Waals surface area contributed by atoms with Crippen molar-refractivity contribution in [1.29, 1.82) is 0 Å². The topological polar surface area (TPSA) is 32.3 Å². The molecule has 1 amide bonds. The SMILES string of the molecule is CCC1(C(=O)N2c3ccccc3CCC2C)CCNC1. The van der Waals surface area contributed by atoms with Gasteiger partial charge >= 0.3 is 0 Å². The van der Waals surface area contributed by atoms with Gasteiger partial charge in [-0.05, 0) is 50.8 Å². The zero-order valence-electron chi connectivity index (χ0n) is 12.5. The molecule has 1 fully saturated rings. The number of rotatable bonds is 2. The van der Waals surface area contributed by atoms with Gasteiger partial charge in [0.05, 0.1) is 5.41 Å². The number of hydrogen-bond donors (Lipinski definition) is 1. The molecule has 0 aliphatic carbocycles. The first kappa shape index (κ1) is 13.6. The fourth-order valence-electron chi connectivity index (χ4n) is 3.63. The fraction of sp³-hybridized carbons (Fsp3) is 0.588. The predicted molar refractivity (Wildman–Crippen MR) is 81.9 cm³/mol. The largest absolute Gasteiger partial charge is 0.316 e. The summed E-state index contributed by atoms with van der Waals surface area (Å²) in [4.78, 5) is 15.3. The number of nitrogens with one attached hydrogen (secondary N) is 1. The van der Waals surface area contributed by atoms with E-state index in [1.807, 2.05) is 6.07 Å². The number of para-hydroxylation sites is 1. The van der Waals surface area contributed by atoms with Crippen molar-refractivity contribution in [1.82, 2.24) is 5.32 Å². The van der Waals surface area contributed by atoms with E-state index in [-0.39, 0.29) is 5.41 Å². The minimum absolute atomic E-state index is 0.196. The summed E-state index contributed by atoms with van der Waals surface area (Å²) in [5, 5.41) is 3.38. The molecule has 2 aliphatic rings.